The highest BCUT2D eigenvalue weighted by Gasteiger charge is 2.31. The molecule has 1 amide bonds. The molecule has 2 aromatic carbocycles. The molecule has 2 heterocycles. The fraction of sp³-hybridized carbons (Fsp3) is 0.227. The number of hydrogen-bond acceptors (Lipinski definition) is 6. The van der Waals surface area contributed by atoms with Crippen LogP contribution >= 0.6 is 11.6 Å². The van der Waals surface area contributed by atoms with Crippen LogP contribution in [0.4, 0.5) is 0 Å². The molecule has 0 saturated heterocycles. The second-order valence-electron chi connectivity index (χ2n) is 7.10. The molecule has 0 fully saturated rings. The number of fused-ring (bicyclic) bond motifs is 1. The van der Waals surface area contributed by atoms with Crippen molar-refractivity contribution in [2.45, 2.75) is 19.9 Å². The predicted octanol–water partition coefficient (Wildman–Crippen LogP) is 3.31. The lowest BCUT2D eigenvalue weighted by atomic mass is 10.0. The zero-order valence-corrected chi connectivity index (χ0v) is 17.5. The van der Waals surface area contributed by atoms with E-state index in [2.05, 4.69) is 5.10 Å². The summed E-state index contributed by atoms with van der Waals surface area (Å²) in [6.45, 7) is 2.44. The smallest absolute Gasteiger partial charge is 0.359 e. The maximum Gasteiger partial charge on any atom is 0.359 e. The van der Waals surface area contributed by atoms with Gasteiger partial charge in [-0.3, -0.25) is 4.79 Å². The monoisotopic (exact) mass is 441 g/mol. The van der Waals surface area contributed by atoms with E-state index in [1.165, 1.54) is 12.1 Å². The Morgan fingerprint density at radius 2 is 1.81 bits per heavy atom. The van der Waals surface area contributed by atoms with Gasteiger partial charge in [0.2, 0.25) is 0 Å². The number of esters is 1. The van der Waals surface area contributed by atoms with Gasteiger partial charge in [0, 0.05) is 35.2 Å². The zero-order chi connectivity index (χ0) is 22.1. The number of hydrogen-bond donors (Lipinski definition) is 2. The van der Waals surface area contributed by atoms with Gasteiger partial charge in [0.25, 0.3) is 5.91 Å². The van der Waals surface area contributed by atoms with Gasteiger partial charge < -0.3 is 19.8 Å². The highest BCUT2D eigenvalue weighted by molar-refractivity contribution is 6.30. The molecule has 2 N–H and O–H groups in total. The predicted molar refractivity (Wildman–Crippen MR) is 113 cm³/mol. The Morgan fingerprint density at radius 1 is 1.13 bits per heavy atom. The fourth-order valence-corrected chi connectivity index (χ4v) is 3.78. The lowest BCUT2D eigenvalue weighted by Gasteiger charge is -2.28. The van der Waals surface area contributed by atoms with Crippen molar-refractivity contribution in [3.8, 4) is 17.2 Å². The average Bonchev–Trinajstić information content (AvgIpc) is 3.12. The summed E-state index contributed by atoms with van der Waals surface area (Å²) in [6, 6.07) is 10.8. The van der Waals surface area contributed by atoms with Crippen LogP contribution in [0.1, 0.15) is 39.0 Å². The van der Waals surface area contributed by atoms with Crippen LogP contribution in [0.3, 0.4) is 0 Å². The molecule has 31 heavy (non-hydrogen) atoms. The van der Waals surface area contributed by atoms with E-state index in [1.54, 1.807) is 40.8 Å². The summed E-state index contributed by atoms with van der Waals surface area (Å²) < 4.78 is 6.85. The average molecular weight is 442 g/mol. The molecule has 8 nitrogen and oxygen atoms in total. The Labute approximate surface area is 183 Å². The largest absolute Gasteiger partial charge is 0.508 e. The number of phenolic OH excluding ortho intramolecular Hbond substituents is 2. The van der Waals surface area contributed by atoms with Crippen LogP contribution in [0.25, 0.3) is 5.69 Å². The van der Waals surface area contributed by atoms with Gasteiger partial charge in [-0.25, -0.2) is 9.48 Å². The van der Waals surface area contributed by atoms with Crippen LogP contribution in [0.2, 0.25) is 5.02 Å². The first-order chi connectivity index (χ1) is 14.9. The first-order valence-electron chi connectivity index (χ1n) is 9.73. The molecular weight excluding hydrogens is 422 g/mol. The van der Waals surface area contributed by atoms with Gasteiger partial charge in [-0.15, -0.1) is 0 Å². The van der Waals surface area contributed by atoms with Gasteiger partial charge in [-0.05, 0) is 43.3 Å². The van der Waals surface area contributed by atoms with E-state index < -0.39 is 5.97 Å². The third kappa shape index (κ3) is 4.06. The summed E-state index contributed by atoms with van der Waals surface area (Å²) in [6.07, 6.45) is 0.459. The number of carbonyl (C=O) groups is 2. The zero-order valence-electron chi connectivity index (χ0n) is 16.7. The molecule has 0 saturated carbocycles. The fourth-order valence-electron chi connectivity index (χ4n) is 3.65. The Hall–Kier alpha value is -3.52. The summed E-state index contributed by atoms with van der Waals surface area (Å²) in [5, 5.41) is 24.5. The second-order valence-corrected chi connectivity index (χ2v) is 7.53. The van der Waals surface area contributed by atoms with Crippen molar-refractivity contribution in [2.75, 3.05) is 13.2 Å². The molecule has 0 atom stereocenters. The van der Waals surface area contributed by atoms with Gasteiger partial charge in [0.1, 0.15) is 11.5 Å². The number of nitrogens with zero attached hydrogens (tertiary/aromatic N) is 3. The van der Waals surface area contributed by atoms with Crippen molar-refractivity contribution in [3.63, 3.8) is 0 Å². The Balaban J connectivity index is 1.72. The van der Waals surface area contributed by atoms with Crippen molar-refractivity contribution in [3.05, 3.63) is 70.0 Å². The number of halogens is 1. The van der Waals surface area contributed by atoms with Gasteiger partial charge in [0.05, 0.1) is 24.5 Å². The number of rotatable bonds is 4. The SMILES string of the molecule is CCOC(=O)c1nn(-c2ccc(Cl)cc2)c2c1CN(C(=O)c1cc(O)cc(O)c1)CC2. The summed E-state index contributed by atoms with van der Waals surface area (Å²) in [5.41, 5.74) is 2.48. The number of ether oxygens (including phenoxy) is 1. The third-order valence-electron chi connectivity index (χ3n) is 5.03. The number of amides is 1. The van der Waals surface area contributed by atoms with E-state index in [0.717, 1.165) is 17.4 Å². The number of phenols is 2. The van der Waals surface area contributed by atoms with E-state index >= 15 is 0 Å². The number of benzene rings is 2. The summed E-state index contributed by atoms with van der Waals surface area (Å²) in [5.74, 6) is -1.34. The minimum atomic E-state index is -0.559. The van der Waals surface area contributed by atoms with Gasteiger partial charge in [0.15, 0.2) is 5.69 Å². The first kappa shape index (κ1) is 20.7. The number of aromatic hydroxyl groups is 2. The van der Waals surface area contributed by atoms with E-state index in [4.69, 9.17) is 16.3 Å². The molecule has 1 aliphatic heterocycles. The topological polar surface area (TPSA) is 105 Å². The molecule has 0 bridgehead atoms. The van der Waals surface area contributed by atoms with E-state index in [0.29, 0.717) is 23.6 Å². The quantitative estimate of drug-likeness (QED) is 0.602. The van der Waals surface area contributed by atoms with Crippen molar-refractivity contribution in [1.82, 2.24) is 14.7 Å². The standard InChI is InChI=1S/C22H20ClN3O5/c1-2-31-22(30)20-18-12-25(21(29)13-9-16(27)11-17(28)10-13)8-7-19(18)26(24-20)15-5-3-14(23)4-6-15/h3-6,9-11,27-28H,2,7-8,12H2,1H3. The van der Waals surface area contributed by atoms with Crippen LogP contribution in [0.15, 0.2) is 42.5 Å². The van der Waals surface area contributed by atoms with E-state index in [9.17, 15) is 19.8 Å². The molecule has 1 aliphatic rings. The van der Waals surface area contributed by atoms with Gasteiger partial charge in [-0.1, -0.05) is 11.6 Å². The third-order valence-corrected chi connectivity index (χ3v) is 5.29. The van der Waals surface area contributed by atoms with Crippen LogP contribution in [0.5, 0.6) is 11.5 Å². The maximum atomic E-state index is 13.0. The molecule has 0 aliphatic carbocycles. The molecule has 3 aromatic rings. The highest BCUT2D eigenvalue weighted by Crippen LogP contribution is 2.29. The van der Waals surface area contributed by atoms with E-state index in [1.807, 2.05) is 0 Å². The molecule has 0 unspecified atom stereocenters. The Bertz CT molecular complexity index is 1140. The Morgan fingerprint density at radius 3 is 2.45 bits per heavy atom. The molecule has 4 rings (SSSR count). The highest BCUT2D eigenvalue weighted by atomic mass is 35.5. The van der Waals surface area contributed by atoms with Crippen molar-refractivity contribution < 1.29 is 24.5 Å². The lowest BCUT2D eigenvalue weighted by molar-refractivity contribution is 0.0513. The second kappa shape index (κ2) is 8.31. The van der Waals surface area contributed by atoms with Crippen molar-refractivity contribution >= 4 is 23.5 Å². The number of carbonyl (C=O) groups excluding carboxylic acids is 2. The molecular formula is C22H20ClN3O5. The van der Waals surface area contributed by atoms with Crippen molar-refractivity contribution in [1.29, 1.82) is 0 Å². The molecule has 9 heteroatoms. The molecule has 160 valence electrons. The van der Waals surface area contributed by atoms with E-state index in [-0.39, 0.29) is 41.8 Å². The Kier molecular flexibility index (Phi) is 5.56. The van der Waals surface area contributed by atoms with Crippen molar-refractivity contribution in [2.24, 2.45) is 0 Å². The van der Waals surface area contributed by atoms with Crippen LogP contribution in [-0.2, 0) is 17.7 Å². The maximum absolute atomic E-state index is 13.0. The minimum Gasteiger partial charge on any atom is -0.508 e. The normalized spacial score (nSPS) is 13.0. The minimum absolute atomic E-state index is 0.145. The summed E-state index contributed by atoms with van der Waals surface area (Å²) in [4.78, 5) is 27.1. The van der Waals surface area contributed by atoms with Crippen LogP contribution < -0.4 is 0 Å². The van der Waals surface area contributed by atoms with Gasteiger partial charge >= 0.3 is 5.97 Å². The first-order valence-corrected chi connectivity index (χ1v) is 10.1. The molecule has 1 aromatic heterocycles. The van der Waals surface area contributed by atoms with Crippen LogP contribution in [0, 0.1) is 0 Å². The summed E-state index contributed by atoms with van der Waals surface area (Å²) >= 11 is 5.99. The van der Waals surface area contributed by atoms with Crippen LogP contribution in [-0.4, -0.2) is 49.9 Å². The molecule has 0 radical (unpaired) electrons. The molecule has 0 spiro atoms. The summed E-state index contributed by atoms with van der Waals surface area (Å²) in [7, 11) is 0. The lowest BCUT2D eigenvalue weighted by Crippen LogP contribution is -2.36. The number of aromatic nitrogens is 2. The van der Waals surface area contributed by atoms with Gasteiger partial charge in [-0.2, -0.15) is 5.10 Å².